The lowest BCUT2D eigenvalue weighted by Crippen LogP contribution is -2.47. The lowest BCUT2D eigenvalue weighted by atomic mass is 9.94. The van der Waals surface area contributed by atoms with Crippen LogP contribution in [0.25, 0.3) is 0 Å². The first kappa shape index (κ1) is 18.2. The fraction of sp³-hybridized carbons (Fsp3) is 0.571. The van der Waals surface area contributed by atoms with Gasteiger partial charge < -0.3 is 4.90 Å². The molecular weight excluding hydrogens is 338 g/mol. The molecule has 0 radical (unpaired) electrons. The summed E-state index contributed by atoms with van der Waals surface area (Å²) in [7, 11) is 0. The lowest BCUT2D eigenvalue weighted by molar-refractivity contribution is -0.135. The molecule has 3 aliphatic rings. The molecule has 2 bridgehead atoms. The molecule has 0 saturated carbocycles. The second-order valence-corrected chi connectivity index (χ2v) is 8.11. The summed E-state index contributed by atoms with van der Waals surface area (Å²) in [5.41, 5.74) is 4.55. The van der Waals surface area contributed by atoms with E-state index < -0.39 is 0 Å². The molecule has 5 heterocycles. The van der Waals surface area contributed by atoms with E-state index in [0.29, 0.717) is 24.3 Å². The summed E-state index contributed by atoms with van der Waals surface area (Å²) < 4.78 is 0. The van der Waals surface area contributed by atoms with Crippen LogP contribution in [0.4, 0.5) is 0 Å². The van der Waals surface area contributed by atoms with Crippen LogP contribution in [-0.2, 0) is 17.8 Å². The first-order valence-corrected chi connectivity index (χ1v) is 10.0. The number of aryl methyl sites for hydroxylation is 2. The van der Waals surface area contributed by atoms with E-state index in [-0.39, 0.29) is 0 Å². The van der Waals surface area contributed by atoms with E-state index in [4.69, 9.17) is 0 Å². The predicted molar refractivity (Wildman–Crippen MR) is 104 cm³/mol. The van der Waals surface area contributed by atoms with Crippen LogP contribution in [0.2, 0.25) is 0 Å². The molecule has 144 valence electrons. The van der Waals surface area contributed by atoms with Gasteiger partial charge in [0.05, 0.1) is 5.69 Å². The molecule has 2 atom stereocenters. The minimum atomic E-state index is 0.299. The van der Waals surface area contributed by atoms with Gasteiger partial charge in [0.1, 0.15) is 0 Å². The first-order chi connectivity index (χ1) is 13.1. The number of carbonyl (C=O) groups excluding carboxylic acids is 1. The molecule has 6 heteroatoms. The number of fused-ring (bicyclic) bond motifs is 4. The molecular formula is C21H29N5O. The van der Waals surface area contributed by atoms with Gasteiger partial charge >= 0.3 is 0 Å². The van der Waals surface area contributed by atoms with Crippen molar-refractivity contribution in [3.63, 3.8) is 0 Å². The van der Waals surface area contributed by atoms with E-state index in [1.54, 1.807) is 0 Å². The smallest absolute Gasteiger partial charge is 0.223 e. The molecule has 1 amide bonds. The van der Waals surface area contributed by atoms with Gasteiger partial charge in [-0.15, -0.1) is 0 Å². The first-order valence-electron chi connectivity index (χ1n) is 10.0. The molecule has 5 rings (SSSR count). The van der Waals surface area contributed by atoms with Crippen molar-refractivity contribution in [2.24, 2.45) is 5.92 Å². The molecule has 0 spiro atoms. The quantitative estimate of drug-likeness (QED) is 0.882. The highest BCUT2D eigenvalue weighted by Crippen LogP contribution is 2.29. The monoisotopic (exact) mass is 367 g/mol. The zero-order valence-electron chi connectivity index (χ0n) is 16.3. The van der Waals surface area contributed by atoms with Gasteiger partial charge in [0.2, 0.25) is 5.91 Å². The largest absolute Gasteiger partial charge is 0.338 e. The number of pyridine rings is 1. The minimum absolute atomic E-state index is 0.299. The summed E-state index contributed by atoms with van der Waals surface area (Å²) in [5, 5.41) is 7.27. The second kappa shape index (κ2) is 7.80. The molecule has 3 saturated heterocycles. The number of piperidine rings is 1. The number of H-pyrrole nitrogens is 1. The Hall–Kier alpha value is -2.21. The summed E-state index contributed by atoms with van der Waals surface area (Å²) in [6.45, 7) is 7.93. The van der Waals surface area contributed by atoms with Gasteiger partial charge in [-0.25, -0.2) is 0 Å². The van der Waals surface area contributed by atoms with Crippen molar-refractivity contribution in [1.29, 1.82) is 0 Å². The fourth-order valence-corrected chi connectivity index (χ4v) is 4.68. The molecule has 3 fully saturated rings. The van der Waals surface area contributed by atoms with Crippen molar-refractivity contribution in [1.82, 2.24) is 25.0 Å². The van der Waals surface area contributed by atoms with Crippen molar-refractivity contribution >= 4 is 5.91 Å². The summed E-state index contributed by atoms with van der Waals surface area (Å²) >= 11 is 0. The SMILES string of the molecule is Cc1n[nH]c(C)c1CCC(=O)N1C[C@H]2CC[C@@H]1CN(Cc1cccnc1)C2. The van der Waals surface area contributed by atoms with Crippen LogP contribution in [0.3, 0.4) is 0 Å². The third-order valence-corrected chi connectivity index (χ3v) is 6.11. The van der Waals surface area contributed by atoms with Crippen LogP contribution in [0.15, 0.2) is 24.5 Å². The number of nitrogens with one attached hydrogen (secondary N) is 1. The average molecular weight is 367 g/mol. The fourth-order valence-electron chi connectivity index (χ4n) is 4.68. The minimum Gasteiger partial charge on any atom is -0.338 e. The van der Waals surface area contributed by atoms with Gasteiger partial charge in [0.25, 0.3) is 0 Å². The van der Waals surface area contributed by atoms with E-state index in [1.165, 1.54) is 17.5 Å². The van der Waals surface area contributed by atoms with Crippen LogP contribution in [0.1, 0.15) is 41.8 Å². The number of hydrogen-bond donors (Lipinski definition) is 1. The maximum absolute atomic E-state index is 13.0. The molecule has 0 unspecified atom stereocenters. The summed E-state index contributed by atoms with van der Waals surface area (Å²) in [6.07, 6.45) is 7.49. The Morgan fingerprint density at radius 2 is 2.15 bits per heavy atom. The molecule has 6 nitrogen and oxygen atoms in total. The van der Waals surface area contributed by atoms with Crippen LogP contribution in [0.5, 0.6) is 0 Å². The number of amides is 1. The van der Waals surface area contributed by atoms with Crippen LogP contribution < -0.4 is 0 Å². The third kappa shape index (κ3) is 4.05. The van der Waals surface area contributed by atoms with Crippen molar-refractivity contribution in [2.45, 2.75) is 52.1 Å². The Morgan fingerprint density at radius 3 is 2.89 bits per heavy atom. The van der Waals surface area contributed by atoms with Gasteiger partial charge in [-0.1, -0.05) is 6.07 Å². The van der Waals surface area contributed by atoms with Gasteiger partial charge in [-0.3, -0.25) is 19.8 Å². The Kier molecular flexibility index (Phi) is 5.25. The highest BCUT2D eigenvalue weighted by Gasteiger charge is 2.36. The average Bonchev–Trinajstić information content (AvgIpc) is 2.83. The van der Waals surface area contributed by atoms with E-state index in [2.05, 4.69) is 31.0 Å². The number of hydrogen-bond acceptors (Lipinski definition) is 4. The lowest BCUT2D eigenvalue weighted by Gasteiger charge is -2.36. The Bertz CT molecular complexity index is 768. The molecule has 2 aromatic rings. The van der Waals surface area contributed by atoms with E-state index in [0.717, 1.165) is 50.4 Å². The van der Waals surface area contributed by atoms with E-state index in [1.807, 2.05) is 32.3 Å². The number of aromatic nitrogens is 3. The molecule has 3 aliphatic heterocycles. The topological polar surface area (TPSA) is 65.1 Å². The maximum atomic E-state index is 13.0. The number of aromatic amines is 1. The van der Waals surface area contributed by atoms with Gasteiger partial charge in [0, 0.05) is 56.7 Å². The van der Waals surface area contributed by atoms with Crippen LogP contribution in [-0.4, -0.2) is 56.6 Å². The zero-order valence-corrected chi connectivity index (χ0v) is 16.3. The van der Waals surface area contributed by atoms with Gasteiger partial charge in [-0.05, 0) is 56.2 Å². The highest BCUT2D eigenvalue weighted by molar-refractivity contribution is 5.77. The van der Waals surface area contributed by atoms with Crippen LogP contribution >= 0.6 is 0 Å². The second-order valence-electron chi connectivity index (χ2n) is 8.11. The van der Waals surface area contributed by atoms with Crippen molar-refractivity contribution in [3.05, 3.63) is 47.0 Å². The third-order valence-electron chi connectivity index (χ3n) is 6.11. The van der Waals surface area contributed by atoms with Crippen molar-refractivity contribution in [3.8, 4) is 0 Å². The number of carbonyl (C=O) groups is 1. The summed E-state index contributed by atoms with van der Waals surface area (Å²) in [4.78, 5) is 21.9. The predicted octanol–water partition coefficient (Wildman–Crippen LogP) is 2.48. The van der Waals surface area contributed by atoms with Gasteiger partial charge in [0.15, 0.2) is 0 Å². The number of rotatable bonds is 5. The zero-order chi connectivity index (χ0) is 18.8. The Morgan fingerprint density at radius 1 is 1.26 bits per heavy atom. The molecule has 2 aromatic heterocycles. The highest BCUT2D eigenvalue weighted by atomic mass is 16.2. The Labute approximate surface area is 161 Å². The Balaban J connectivity index is 1.39. The molecule has 0 aromatic carbocycles. The molecule has 0 aliphatic carbocycles. The number of nitrogens with zero attached hydrogens (tertiary/aromatic N) is 4. The standard InChI is InChI=1S/C21H29N5O/c1-15-20(16(2)24-23-15)7-8-21(27)26-13-18-5-6-19(26)14-25(12-18)11-17-4-3-9-22-10-17/h3-4,9-10,18-19H,5-8,11-14H2,1-2H3,(H,23,24)/t18-,19+/m0/s1. The summed E-state index contributed by atoms with van der Waals surface area (Å²) in [5.74, 6) is 0.884. The molecule has 1 N–H and O–H groups in total. The van der Waals surface area contributed by atoms with E-state index in [9.17, 15) is 4.79 Å². The summed E-state index contributed by atoms with van der Waals surface area (Å²) in [6, 6.07) is 4.48. The van der Waals surface area contributed by atoms with Gasteiger partial charge in [-0.2, -0.15) is 5.10 Å². The van der Waals surface area contributed by atoms with Crippen LogP contribution in [0, 0.1) is 19.8 Å². The van der Waals surface area contributed by atoms with E-state index >= 15 is 0 Å². The maximum Gasteiger partial charge on any atom is 0.223 e. The normalized spacial score (nSPS) is 22.8. The molecule has 27 heavy (non-hydrogen) atoms. The van der Waals surface area contributed by atoms with Crippen molar-refractivity contribution in [2.75, 3.05) is 19.6 Å². The van der Waals surface area contributed by atoms with Crippen molar-refractivity contribution < 1.29 is 4.79 Å².